The van der Waals surface area contributed by atoms with Crippen LogP contribution >= 0.6 is 0 Å². The number of Topliss-reactive ketones (excluding diaryl/α,β-unsaturated/α-hetero) is 1. The van der Waals surface area contributed by atoms with Gasteiger partial charge in [-0.1, -0.05) is 13.8 Å². The molecule has 1 aliphatic heterocycles. The quantitative estimate of drug-likeness (QED) is 0.682. The van der Waals surface area contributed by atoms with Crippen molar-refractivity contribution in [3.63, 3.8) is 0 Å². The maximum absolute atomic E-state index is 11.2. The number of carbonyl (C=O) groups is 1. The Hall–Kier alpha value is -0.370. The Labute approximate surface area is 74.7 Å². The SMILES string of the molecule is CC(C)CC1CC(=O)CC(C)N1. The molecule has 0 aromatic rings. The summed E-state index contributed by atoms with van der Waals surface area (Å²) >= 11 is 0. The van der Waals surface area contributed by atoms with E-state index in [4.69, 9.17) is 0 Å². The summed E-state index contributed by atoms with van der Waals surface area (Å²) in [6.45, 7) is 6.49. The van der Waals surface area contributed by atoms with Crippen molar-refractivity contribution in [2.45, 2.75) is 52.1 Å². The molecular formula is C10H19NO. The van der Waals surface area contributed by atoms with Crippen molar-refractivity contribution in [3.8, 4) is 0 Å². The molecule has 0 aliphatic carbocycles. The van der Waals surface area contributed by atoms with Crippen LogP contribution in [0.4, 0.5) is 0 Å². The molecule has 0 spiro atoms. The predicted molar refractivity (Wildman–Crippen MR) is 50.1 cm³/mol. The lowest BCUT2D eigenvalue weighted by atomic mass is 9.92. The van der Waals surface area contributed by atoms with Crippen molar-refractivity contribution in [3.05, 3.63) is 0 Å². The van der Waals surface area contributed by atoms with Crippen molar-refractivity contribution < 1.29 is 4.79 Å². The summed E-state index contributed by atoms with van der Waals surface area (Å²) in [6.07, 6.45) is 2.58. The van der Waals surface area contributed by atoms with Crippen molar-refractivity contribution in [2.75, 3.05) is 0 Å². The molecule has 2 nitrogen and oxygen atoms in total. The third kappa shape index (κ3) is 2.94. The topological polar surface area (TPSA) is 29.1 Å². The largest absolute Gasteiger partial charge is 0.311 e. The minimum Gasteiger partial charge on any atom is -0.311 e. The average molecular weight is 169 g/mol. The van der Waals surface area contributed by atoms with Crippen LogP contribution in [0.1, 0.15) is 40.0 Å². The zero-order chi connectivity index (χ0) is 9.14. The van der Waals surface area contributed by atoms with Gasteiger partial charge in [-0.3, -0.25) is 4.79 Å². The summed E-state index contributed by atoms with van der Waals surface area (Å²) in [5.41, 5.74) is 0. The molecule has 1 fully saturated rings. The average Bonchev–Trinajstić information content (AvgIpc) is 1.81. The van der Waals surface area contributed by atoms with Crippen LogP contribution in [0, 0.1) is 5.92 Å². The molecule has 0 radical (unpaired) electrons. The Kier molecular flexibility index (Phi) is 3.27. The molecule has 0 saturated carbocycles. The predicted octanol–water partition coefficient (Wildman–Crippen LogP) is 1.74. The van der Waals surface area contributed by atoms with Gasteiger partial charge in [0, 0.05) is 24.9 Å². The summed E-state index contributed by atoms with van der Waals surface area (Å²) in [7, 11) is 0. The molecule has 2 atom stereocenters. The van der Waals surface area contributed by atoms with Crippen LogP contribution in [0.2, 0.25) is 0 Å². The highest BCUT2D eigenvalue weighted by Crippen LogP contribution is 2.15. The van der Waals surface area contributed by atoms with E-state index >= 15 is 0 Å². The zero-order valence-corrected chi connectivity index (χ0v) is 8.26. The highest BCUT2D eigenvalue weighted by atomic mass is 16.1. The van der Waals surface area contributed by atoms with E-state index in [9.17, 15) is 4.79 Å². The second-order valence-electron chi connectivity index (χ2n) is 4.34. The molecule has 1 N–H and O–H groups in total. The Balaban J connectivity index is 2.39. The van der Waals surface area contributed by atoms with Gasteiger partial charge in [-0.05, 0) is 19.3 Å². The number of piperidine rings is 1. The normalized spacial score (nSPS) is 31.2. The van der Waals surface area contributed by atoms with Crippen molar-refractivity contribution in [1.29, 1.82) is 0 Å². The monoisotopic (exact) mass is 169 g/mol. The molecule has 2 heteroatoms. The molecule has 0 aromatic heterocycles. The van der Waals surface area contributed by atoms with E-state index < -0.39 is 0 Å². The highest BCUT2D eigenvalue weighted by Gasteiger charge is 2.23. The van der Waals surface area contributed by atoms with Gasteiger partial charge in [0.05, 0.1) is 0 Å². The lowest BCUT2D eigenvalue weighted by Gasteiger charge is -2.28. The second kappa shape index (κ2) is 4.04. The number of rotatable bonds is 2. The van der Waals surface area contributed by atoms with Crippen LogP contribution in [-0.4, -0.2) is 17.9 Å². The molecular weight excluding hydrogens is 150 g/mol. The molecule has 1 aliphatic rings. The van der Waals surface area contributed by atoms with E-state index in [1.54, 1.807) is 0 Å². The fourth-order valence-electron chi connectivity index (χ4n) is 1.94. The van der Waals surface area contributed by atoms with Crippen molar-refractivity contribution in [1.82, 2.24) is 5.32 Å². The number of ketones is 1. The molecule has 1 heterocycles. The highest BCUT2D eigenvalue weighted by molar-refractivity contribution is 5.80. The van der Waals surface area contributed by atoms with E-state index in [1.807, 2.05) is 0 Å². The maximum Gasteiger partial charge on any atom is 0.136 e. The van der Waals surface area contributed by atoms with Gasteiger partial charge in [-0.15, -0.1) is 0 Å². The van der Waals surface area contributed by atoms with Gasteiger partial charge in [0.1, 0.15) is 5.78 Å². The zero-order valence-electron chi connectivity index (χ0n) is 8.26. The Morgan fingerprint density at radius 2 is 2.17 bits per heavy atom. The Morgan fingerprint density at radius 1 is 1.50 bits per heavy atom. The number of hydrogen-bond donors (Lipinski definition) is 1. The van der Waals surface area contributed by atoms with Gasteiger partial charge in [-0.25, -0.2) is 0 Å². The summed E-state index contributed by atoms with van der Waals surface area (Å²) in [5, 5.41) is 3.46. The fourth-order valence-corrected chi connectivity index (χ4v) is 1.94. The van der Waals surface area contributed by atoms with Crippen LogP contribution in [0.25, 0.3) is 0 Å². The molecule has 1 saturated heterocycles. The van der Waals surface area contributed by atoms with E-state index in [2.05, 4.69) is 26.1 Å². The molecule has 12 heavy (non-hydrogen) atoms. The smallest absolute Gasteiger partial charge is 0.136 e. The van der Waals surface area contributed by atoms with Gasteiger partial charge in [-0.2, -0.15) is 0 Å². The molecule has 0 bridgehead atoms. The van der Waals surface area contributed by atoms with E-state index in [0.717, 1.165) is 12.8 Å². The van der Waals surface area contributed by atoms with Crippen LogP contribution in [0.5, 0.6) is 0 Å². The number of hydrogen-bond acceptors (Lipinski definition) is 2. The van der Waals surface area contributed by atoms with Crippen molar-refractivity contribution in [2.24, 2.45) is 5.92 Å². The summed E-state index contributed by atoms with van der Waals surface area (Å²) < 4.78 is 0. The van der Waals surface area contributed by atoms with E-state index in [0.29, 0.717) is 30.2 Å². The van der Waals surface area contributed by atoms with Gasteiger partial charge in [0.15, 0.2) is 0 Å². The van der Waals surface area contributed by atoms with Crippen LogP contribution in [-0.2, 0) is 4.79 Å². The number of carbonyl (C=O) groups excluding carboxylic acids is 1. The molecule has 0 aromatic carbocycles. The second-order valence-corrected chi connectivity index (χ2v) is 4.34. The number of nitrogens with one attached hydrogen (secondary N) is 1. The standard InChI is InChI=1S/C10H19NO/c1-7(2)4-9-6-10(12)5-8(3)11-9/h7-9,11H,4-6H2,1-3H3. The maximum atomic E-state index is 11.2. The van der Waals surface area contributed by atoms with Crippen LogP contribution in [0.15, 0.2) is 0 Å². The lowest BCUT2D eigenvalue weighted by molar-refractivity contribution is -0.121. The third-order valence-electron chi connectivity index (χ3n) is 2.28. The minimum absolute atomic E-state index is 0.384. The first-order chi connectivity index (χ1) is 5.58. The van der Waals surface area contributed by atoms with Gasteiger partial charge in [0.25, 0.3) is 0 Å². The van der Waals surface area contributed by atoms with Gasteiger partial charge in [0.2, 0.25) is 0 Å². The van der Waals surface area contributed by atoms with E-state index in [1.165, 1.54) is 0 Å². The molecule has 1 rings (SSSR count). The fraction of sp³-hybridized carbons (Fsp3) is 0.900. The summed E-state index contributed by atoms with van der Waals surface area (Å²) in [6, 6.07) is 0.816. The first-order valence-electron chi connectivity index (χ1n) is 4.85. The minimum atomic E-state index is 0.384. The first-order valence-corrected chi connectivity index (χ1v) is 4.85. The van der Waals surface area contributed by atoms with Crippen LogP contribution < -0.4 is 5.32 Å². The summed E-state index contributed by atoms with van der Waals surface area (Å²) in [4.78, 5) is 11.2. The van der Waals surface area contributed by atoms with Crippen LogP contribution in [0.3, 0.4) is 0 Å². The van der Waals surface area contributed by atoms with Crippen molar-refractivity contribution >= 4 is 5.78 Å². The third-order valence-corrected chi connectivity index (χ3v) is 2.28. The van der Waals surface area contributed by atoms with Gasteiger partial charge >= 0.3 is 0 Å². The van der Waals surface area contributed by atoms with E-state index in [-0.39, 0.29) is 0 Å². The Morgan fingerprint density at radius 3 is 2.67 bits per heavy atom. The molecule has 2 unspecified atom stereocenters. The first kappa shape index (κ1) is 9.72. The summed E-state index contributed by atoms with van der Waals surface area (Å²) in [5.74, 6) is 1.10. The lowest BCUT2D eigenvalue weighted by Crippen LogP contribution is -2.44. The van der Waals surface area contributed by atoms with Gasteiger partial charge < -0.3 is 5.32 Å². The molecule has 70 valence electrons. The Bertz CT molecular complexity index is 163. The molecule has 0 amide bonds.